The molecule has 55 heavy (non-hydrogen) atoms. The Morgan fingerprint density at radius 3 is 1.78 bits per heavy atom. The van der Waals surface area contributed by atoms with Gasteiger partial charge < -0.3 is 4.42 Å². The smallest absolute Gasteiger partial charge is 0.164 e. The molecule has 0 atom stereocenters. The van der Waals surface area contributed by atoms with Crippen LogP contribution < -0.4 is 0 Å². The van der Waals surface area contributed by atoms with Crippen molar-refractivity contribution in [3.05, 3.63) is 151 Å². The van der Waals surface area contributed by atoms with Crippen LogP contribution >= 0.6 is 0 Å². The summed E-state index contributed by atoms with van der Waals surface area (Å²) in [7, 11) is 0. The van der Waals surface area contributed by atoms with E-state index < -0.39 is 0 Å². The summed E-state index contributed by atoms with van der Waals surface area (Å²) in [6.07, 6.45) is 8.48. The predicted molar refractivity (Wildman–Crippen MR) is 219 cm³/mol. The summed E-state index contributed by atoms with van der Waals surface area (Å²) in [6.45, 7) is 0. The molecule has 4 aliphatic rings. The third-order valence-electron chi connectivity index (χ3n) is 12.8. The molecule has 12 rings (SSSR count). The minimum absolute atomic E-state index is 0.374. The number of aromatic nitrogens is 3. The van der Waals surface area contributed by atoms with Crippen molar-refractivity contribution in [3.63, 3.8) is 0 Å². The Hall–Kier alpha value is -6.38. The van der Waals surface area contributed by atoms with Crippen molar-refractivity contribution in [2.24, 2.45) is 17.8 Å². The summed E-state index contributed by atoms with van der Waals surface area (Å²) in [5.41, 5.74) is 11.1. The Bertz CT molecular complexity index is 2760. The first-order valence-corrected chi connectivity index (χ1v) is 19.6. The summed E-state index contributed by atoms with van der Waals surface area (Å²) in [5.74, 6) is 4.70. The Morgan fingerprint density at radius 1 is 0.509 bits per heavy atom. The zero-order valence-corrected chi connectivity index (χ0v) is 30.5. The summed E-state index contributed by atoms with van der Waals surface area (Å²) >= 11 is 0. The summed E-state index contributed by atoms with van der Waals surface area (Å²) in [4.78, 5) is 15.3. The first kappa shape index (κ1) is 32.1. The van der Waals surface area contributed by atoms with Crippen LogP contribution in [-0.2, 0) is 5.41 Å². The Labute approximate surface area is 320 Å². The molecule has 6 aromatic carbocycles. The molecule has 4 saturated carbocycles. The maximum absolute atomic E-state index is 9.60. The van der Waals surface area contributed by atoms with Gasteiger partial charge in [0, 0.05) is 27.5 Å². The number of rotatable bonds is 6. The van der Waals surface area contributed by atoms with Gasteiger partial charge in [0.2, 0.25) is 0 Å². The van der Waals surface area contributed by atoms with Gasteiger partial charge in [0.05, 0.1) is 5.56 Å². The molecule has 2 heterocycles. The number of furan rings is 1. The fraction of sp³-hybridized carbons (Fsp3) is 0.200. The van der Waals surface area contributed by atoms with E-state index in [1.165, 1.54) is 49.7 Å². The molecule has 0 saturated heterocycles. The van der Waals surface area contributed by atoms with Gasteiger partial charge >= 0.3 is 0 Å². The summed E-state index contributed by atoms with van der Waals surface area (Å²) in [6, 6.07) is 50.7. The second-order valence-electron chi connectivity index (χ2n) is 16.2. The van der Waals surface area contributed by atoms with E-state index in [9.17, 15) is 5.26 Å². The molecule has 0 spiro atoms. The second-order valence-corrected chi connectivity index (χ2v) is 16.2. The highest BCUT2D eigenvalue weighted by Crippen LogP contribution is 2.60. The highest BCUT2D eigenvalue weighted by molar-refractivity contribution is 6.07. The zero-order valence-electron chi connectivity index (χ0n) is 30.5. The molecule has 0 N–H and O–H groups in total. The Kier molecular flexibility index (Phi) is 7.35. The predicted octanol–water partition coefficient (Wildman–Crippen LogP) is 12.4. The molecular weight excluding hydrogens is 673 g/mol. The van der Waals surface area contributed by atoms with E-state index in [2.05, 4.69) is 103 Å². The van der Waals surface area contributed by atoms with Gasteiger partial charge in [-0.05, 0) is 108 Å². The fourth-order valence-electron chi connectivity index (χ4n) is 10.6. The van der Waals surface area contributed by atoms with Crippen LogP contribution in [0.2, 0.25) is 0 Å². The maximum atomic E-state index is 9.60. The number of hydrogen-bond donors (Lipinski definition) is 0. The number of fused-ring (bicyclic) bond motifs is 3. The molecule has 8 aromatic rings. The van der Waals surface area contributed by atoms with Crippen LogP contribution in [-0.4, -0.2) is 15.0 Å². The molecule has 264 valence electrons. The Morgan fingerprint density at radius 2 is 1.09 bits per heavy atom. The lowest BCUT2D eigenvalue weighted by Gasteiger charge is -2.57. The second kappa shape index (κ2) is 12.6. The topological polar surface area (TPSA) is 75.6 Å². The lowest BCUT2D eigenvalue weighted by atomic mass is 9.48. The van der Waals surface area contributed by atoms with E-state index in [-0.39, 0.29) is 0 Å². The van der Waals surface area contributed by atoms with Crippen molar-refractivity contribution >= 4 is 21.9 Å². The van der Waals surface area contributed by atoms with Crippen molar-refractivity contribution in [1.82, 2.24) is 15.0 Å². The third kappa shape index (κ3) is 5.47. The van der Waals surface area contributed by atoms with Crippen LogP contribution in [0.1, 0.15) is 49.7 Å². The number of hydrogen-bond acceptors (Lipinski definition) is 5. The van der Waals surface area contributed by atoms with Crippen LogP contribution in [0.4, 0.5) is 0 Å². The first-order chi connectivity index (χ1) is 27.1. The van der Waals surface area contributed by atoms with E-state index in [1.807, 2.05) is 36.4 Å². The fourth-order valence-corrected chi connectivity index (χ4v) is 10.6. The van der Waals surface area contributed by atoms with Crippen molar-refractivity contribution < 1.29 is 4.42 Å². The molecule has 5 nitrogen and oxygen atoms in total. The monoisotopic (exact) mass is 710 g/mol. The van der Waals surface area contributed by atoms with Gasteiger partial charge in [-0.3, -0.25) is 0 Å². The normalized spacial score (nSPS) is 21.3. The largest absolute Gasteiger partial charge is 0.455 e. The zero-order chi connectivity index (χ0) is 36.5. The van der Waals surface area contributed by atoms with Gasteiger partial charge in [-0.25, -0.2) is 15.0 Å². The van der Waals surface area contributed by atoms with Crippen molar-refractivity contribution in [2.75, 3.05) is 0 Å². The Balaban J connectivity index is 0.958. The molecule has 0 unspecified atom stereocenters. The lowest BCUT2D eigenvalue weighted by Crippen LogP contribution is -2.48. The standard InChI is InChI=1S/C50H38N4O/c51-30-39-9-6-12-42-44-26-38(19-22-45(44)55-46(39)42)34-13-15-37(16-14-34)48-52-47(36-7-2-1-3-8-36)53-49(54-48)43-11-5-4-10-41(43)35-17-20-40(21-18-35)50-27-31-23-32(28-50)25-33(24-31)29-50/h1-22,26,31-33H,23-25,27-29H2/t31-,32-,33-,50?. The van der Waals surface area contributed by atoms with E-state index in [4.69, 9.17) is 19.4 Å². The molecule has 0 aliphatic heterocycles. The molecule has 0 radical (unpaired) electrons. The first-order valence-electron chi connectivity index (χ1n) is 19.6. The van der Waals surface area contributed by atoms with Crippen LogP contribution in [0.15, 0.2) is 144 Å². The quantitative estimate of drug-likeness (QED) is 0.172. The molecule has 4 aliphatic carbocycles. The molecule has 4 bridgehead atoms. The number of nitriles is 1. The van der Waals surface area contributed by atoms with Gasteiger partial charge in [0.15, 0.2) is 23.1 Å². The third-order valence-corrected chi connectivity index (χ3v) is 12.8. The van der Waals surface area contributed by atoms with Crippen LogP contribution in [0, 0.1) is 29.1 Å². The van der Waals surface area contributed by atoms with Gasteiger partial charge in [0.1, 0.15) is 11.7 Å². The average Bonchev–Trinajstić information content (AvgIpc) is 3.62. The van der Waals surface area contributed by atoms with Crippen molar-refractivity contribution in [1.29, 1.82) is 5.26 Å². The number of benzene rings is 6. The molecule has 4 fully saturated rings. The van der Waals surface area contributed by atoms with E-state index in [0.29, 0.717) is 34.0 Å². The minimum Gasteiger partial charge on any atom is -0.455 e. The van der Waals surface area contributed by atoms with Gasteiger partial charge in [0.25, 0.3) is 0 Å². The highest BCUT2D eigenvalue weighted by Gasteiger charge is 2.51. The SMILES string of the molecule is N#Cc1cccc2c1oc1ccc(-c3ccc(-c4nc(-c5ccccc5)nc(-c5ccccc5-c5ccc(C67C[C@H]8C[C@H](C6)C[C@@H](C7)C8)cc5)n4)cc3)cc12. The van der Waals surface area contributed by atoms with Crippen LogP contribution in [0.5, 0.6) is 0 Å². The molecule has 0 amide bonds. The lowest BCUT2D eigenvalue weighted by molar-refractivity contribution is -0.00518. The summed E-state index contributed by atoms with van der Waals surface area (Å²) in [5, 5.41) is 11.5. The van der Waals surface area contributed by atoms with Gasteiger partial charge in [-0.15, -0.1) is 0 Å². The van der Waals surface area contributed by atoms with E-state index >= 15 is 0 Å². The minimum atomic E-state index is 0.374. The van der Waals surface area contributed by atoms with Crippen LogP contribution in [0.25, 0.3) is 78.4 Å². The van der Waals surface area contributed by atoms with E-state index in [1.54, 1.807) is 6.07 Å². The number of nitrogens with zero attached hydrogens (tertiary/aromatic N) is 4. The van der Waals surface area contributed by atoms with Gasteiger partial charge in [-0.1, -0.05) is 121 Å². The molecule has 5 heteroatoms. The van der Waals surface area contributed by atoms with Crippen LogP contribution in [0.3, 0.4) is 0 Å². The van der Waals surface area contributed by atoms with Crippen molar-refractivity contribution in [2.45, 2.75) is 43.9 Å². The number of para-hydroxylation sites is 1. The molecule has 2 aromatic heterocycles. The summed E-state index contributed by atoms with van der Waals surface area (Å²) < 4.78 is 6.08. The highest BCUT2D eigenvalue weighted by atomic mass is 16.3. The maximum Gasteiger partial charge on any atom is 0.164 e. The average molecular weight is 711 g/mol. The van der Waals surface area contributed by atoms with Crippen molar-refractivity contribution in [3.8, 4) is 62.5 Å². The molecular formula is C50H38N4O. The van der Waals surface area contributed by atoms with E-state index in [0.717, 1.165) is 67.5 Å². The van der Waals surface area contributed by atoms with Gasteiger partial charge in [-0.2, -0.15) is 5.26 Å².